The number of carbonyl (C=O) groups is 1. The molecule has 1 heterocycles. The maximum absolute atomic E-state index is 12.1. The minimum absolute atomic E-state index is 0.0360. The van der Waals surface area contributed by atoms with Crippen molar-refractivity contribution in [1.29, 1.82) is 5.26 Å². The Morgan fingerprint density at radius 3 is 2.52 bits per heavy atom. The molecule has 1 aromatic rings. The standard InChI is InChI=1S/C15H11Br3N2O3/c1-5(21)10-6(2)23-15(20)7(4-19)11(10)12-8(16)3-9(17)14(22)13(12)18/h3,11,22H,20H2,1-2H3/t11-/m1/s1. The molecule has 0 spiro atoms. The molecule has 0 unspecified atom stereocenters. The molecule has 0 saturated heterocycles. The number of allylic oxidation sites excluding steroid dienone is 3. The average Bonchev–Trinajstić information content (AvgIpc) is 2.44. The van der Waals surface area contributed by atoms with Crippen LogP contribution in [0.3, 0.4) is 0 Å². The Kier molecular flexibility index (Phi) is 5.23. The Balaban J connectivity index is 2.86. The molecule has 3 N–H and O–H groups in total. The number of phenols is 1. The summed E-state index contributed by atoms with van der Waals surface area (Å²) in [6.45, 7) is 3.01. The van der Waals surface area contributed by atoms with E-state index in [1.165, 1.54) is 6.92 Å². The van der Waals surface area contributed by atoms with Gasteiger partial charge in [-0.05, 0) is 57.3 Å². The van der Waals surface area contributed by atoms with Crippen molar-refractivity contribution in [2.24, 2.45) is 5.73 Å². The van der Waals surface area contributed by atoms with Gasteiger partial charge in [0, 0.05) is 10.0 Å². The van der Waals surface area contributed by atoms with Crippen LogP contribution in [-0.2, 0) is 9.53 Å². The van der Waals surface area contributed by atoms with Crippen LogP contribution in [0.25, 0.3) is 0 Å². The van der Waals surface area contributed by atoms with Gasteiger partial charge in [0.25, 0.3) is 0 Å². The summed E-state index contributed by atoms with van der Waals surface area (Å²) in [4.78, 5) is 12.1. The van der Waals surface area contributed by atoms with Gasteiger partial charge >= 0.3 is 0 Å². The SMILES string of the molecule is CC(=O)C1=C(C)OC(N)=C(C#N)[C@H]1c1c(Br)cc(Br)c(O)c1Br. The number of hydrogen-bond acceptors (Lipinski definition) is 5. The van der Waals surface area contributed by atoms with E-state index in [0.717, 1.165) is 0 Å². The Morgan fingerprint density at radius 1 is 1.39 bits per heavy atom. The predicted molar refractivity (Wildman–Crippen MR) is 95.2 cm³/mol. The summed E-state index contributed by atoms with van der Waals surface area (Å²) in [5, 5.41) is 19.7. The Labute approximate surface area is 158 Å². The summed E-state index contributed by atoms with van der Waals surface area (Å²) >= 11 is 9.99. The number of nitrogens with zero attached hydrogens (tertiary/aromatic N) is 1. The highest BCUT2D eigenvalue weighted by molar-refractivity contribution is 9.11. The first kappa shape index (κ1) is 18.0. The predicted octanol–water partition coefficient (Wildman–Crippen LogP) is 4.35. The lowest BCUT2D eigenvalue weighted by Crippen LogP contribution is -2.23. The highest BCUT2D eigenvalue weighted by Crippen LogP contribution is 2.49. The van der Waals surface area contributed by atoms with Gasteiger partial charge in [0.2, 0.25) is 5.88 Å². The third kappa shape index (κ3) is 3.05. The van der Waals surface area contributed by atoms with Crippen molar-refractivity contribution in [2.75, 3.05) is 0 Å². The van der Waals surface area contributed by atoms with Crippen LogP contribution >= 0.6 is 47.8 Å². The molecule has 0 amide bonds. The molecule has 0 radical (unpaired) electrons. The molecule has 0 saturated carbocycles. The number of ether oxygens (including phenoxy) is 1. The van der Waals surface area contributed by atoms with Crippen molar-refractivity contribution in [3.8, 4) is 11.8 Å². The summed E-state index contributed by atoms with van der Waals surface area (Å²) < 4.78 is 6.77. The number of nitrogens with two attached hydrogens (primary N) is 1. The van der Waals surface area contributed by atoms with Crippen LogP contribution in [-0.4, -0.2) is 10.9 Å². The van der Waals surface area contributed by atoms with Crippen molar-refractivity contribution in [3.05, 3.63) is 47.8 Å². The van der Waals surface area contributed by atoms with E-state index in [-0.39, 0.29) is 23.0 Å². The quantitative estimate of drug-likeness (QED) is 0.621. The number of nitriles is 1. The van der Waals surface area contributed by atoms with Crippen molar-refractivity contribution >= 4 is 53.6 Å². The average molecular weight is 507 g/mol. The summed E-state index contributed by atoms with van der Waals surface area (Å²) in [6, 6.07) is 3.65. The lowest BCUT2D eigenvalue weighted by Gasteiger charge is -2.28. The largest absolute Gasteiger partial charge is 0.506 e. The molecule has 0 fully saturated rings. The van der Waals surface area contributed by atoms with Gasteiger partial charge in [-0.15, -0.1) is 0 Å². The van der Waals surface area contributed by atoms with Crippen molar-refractivity contribution in [3.63, 3.8) is 0 Å². The van der Waals surface area contributed by atoms with Gasteiger partial charge < -0.3 is 15.6 Å². The van der Waals surface area contributed by atoms with Crippen molar-refractivity contribution in [1.82, 2.24) is 0 Å². The van der Waals surface area contributed by atoms with Crippen LogP contribution in [0.1, 0.15) is 25.3 Å². The third-order valence-electron chi connectivity index (χ3n) is 3.45. The fraction of sp³-hybridized carbons (Fsp3) is 0.200. The molecule has 2 rings (SSSR count). The fourth-order valence-corrected chi connectivity index (χ4v) is 5.06. The molecule has 5 nitrogen and oxygen atoms in total. The molecule has 120 valence electrons. The summed E-state index contributed by atoms with van der Waals surface area (Å²) in [5.74, 6) is -0.740. The van der Waals surface area contributed by atoms with Crippen LogP contribution in [0.2, 0.25) is 0 Å². The lowest BCUT2D eigenvalue weighted by molar-refractivity contribution is -0.114. The fourth-order valence-electron chi connectivity index (χ4n) is 2.48. The number of benzene rings is 1. The lowest BCUT2D eigenvalue weighted by atomic mass is 9.81. The number of rotatable bonds is 2. The van der Waals surface area contributed by atoms with E-state index in [2.05, 4.69) is 47.8 Å². The molecular weight excluding hydrogens is 496 g/mol. The zero-order valence-corrected chi connectivity index (χ0v) is 16.8. The van der Waals surface area contributed by atoms with Crippen molar-refractivity contribution < 1.29 is 14.6 Å². The Hall–Kier alpha value is -1.30. The number of aromatic hydroxyl groups is 1. The third-order valence-corrected chi connectivity index (χ3v) is 5.52. The number of ketones is 1. The molecule has 1 aliphatic heterocycles. The van der Waals surface area contributed by atoms with Crippen molar-refractivity contribution in [2.45, 2.75) is 19.8 Å². The van der Waals surface area contributed by atoms with Crippen LogP contribution in [0.5, 0.6) is 5.75 Å². The number of carbonyl (C=O) groups excluding carboxylic acids is 1. The zero-order chi connectivity index (χ0) is 17.5. The van der Waals surface area contributed by atoms with Gasteiger partial charge in [-0.1, -0.05) is 15.9 Å². The van der Waals surface area contributed by atoms with Gasteiger partial charge in [0.15, 0.2) is 5.78 Å². The minimum Gasteiger partial charge on any atom is -0.506 e. The Bertz CT molecular complexity index is 822. The molecule has 0 aromatic heterocycles. The van der Waals surface area contributed by atoms with E-state index in [1.54, 1.807) is 13.0 Å². The van der Waals surface area contributed by atoms with Gasteiger partial charge in [-0.3, -0.25) is 4.79 Å². The molecule has 1 aromatic carbocycles. The maximum atomic E-state index is 12.1. The molecular formula is C15H11Br3N2O3. The smallest absolute Gasteiger partial charge is 0.205 e. The highest BCUT2D eigenvalue weighted by Gasteiger charge is 2.37. The first-order valence-electron chi connectivity index (χ1n) is 6.36. The van der Waals surface area contributed by atoms with E-state index in [4.69, 9.17) is 10.5 Å². The van der Waals surface area contributed by atoms with Gasteiger partial charge in [-0.2, -0.15) is 5.26 Å². The van der Waals surface area contributed by atoms with Gasteiger partial charge in [-0.25, -0.2) is 0 Å². The molecule has 1 atom stereocenters. The number of hydrogen-bond donors (Lipinski definition) is 2. The van der Waals surface area contributed by atoms with E-state index >= 15 is 0 Å². The first-order chi connectivity index (χ1) is 10.7. The highest BCUT2D eigenvalue weighted by atomic mass is 79.9. The topological polar surface area (TPSA) is 96.3 Å². The van der Waals surface area contributed by atoms with Crippen LogP contribution in [0, 0.1) is 11.3 Å². The summed E-state index contributed by atoms with van der Waals surface area (Å²) in [5.41, 5.74) is 6.78. The summed E-state index contributed by atoms with van der Waals surface area (Å²) in [6.07, 6.45) is 0. The van der Waals surface area contributed by atoms with Crippen LogP contribution in [0.4, 0.5) is 0 Å². The van der Waals surface area contributed by atoms with Crippen LogP contribution < -0.4 is 5.73 Å². The first-order valence-corrected chi connectivity index (χ1v) is 8.74. The normalized spacial score (nSPS) is 17.8. The van der Waals surface area contributed by atoms with Gasteiger partial charge in [0.1, 0.15) is 23.2 Å². The second-order valence-corrected chi connectivity index (χ2v) is 7.37. The molecule has 1 aliphatic rings. The second kappa shape index (κ2) is 6.67. The molecule has 23 heavy (non-hydrogen) atoms. The van der Waals surface area contributed by atoms with E-state index < -0.39 is 5.92 Å². The van der Waals surface area contributed by atoms with E-state index in [0.29, 0.717) is 30.3 Å². The number of phenolic OH excluding ortho intramolecular Hbond substituents is 1. The minimum atomic E-state index is -0.742. The zero-order valence-electron chi connectivity index (χ0n) is 12.1. The van der Waals surface area contributed by atoms with E-state index in [9.17, 15) is 15.2 Å². The van der Waals surface area contributed by atoms with E-state index in [1.807, 2.05) is 6.07 Å². The monoisotopic (exact) mass is 504 g/mol. The van der Waals surface area contributed by atoms with Gasteiger partial charge in [0.05, 0.1) is 14.9 Å². The number of Topliss-reactive ketones (excluding diaryl/α,β-unsaturated/α-hetero) is 1. The molecule has 0 bridgehead atoms. The maximum Gasteiger partial charge on any atom is 0.205 e. The molecule has 8 heteroatoms. The summed E-state index contributed by atoms with van der Waals surface area (Å²) in [7, 11) is 0. The van der Waals surface area contributed by atoms with Crippen LogP contribution in [0.15, 0.2) is 42.3 Å². The Morgan fingerprint density at radius 2 is 2.00 bits per heavy atom. The number of halogens is 3. The molecule has 0 aliphatic carbocycles. The second-order valence-electron chi connectivity index (χ2n) is 4.87.